The van der Waals surface area contributed by atoms with Gasteiger partial charge in [-0.2, -0.15) is 0 Å². The molecule has 1 heterocycles. The fourth-order valence-electron chi connectivity index (χ4n) is 1.55. The van der Waals surface area contributed by atoms with Gasteiger partial charge in [0.25, 0.3) is 5.91 Å². The van der Waals surface area contributed by atoms with Crippen molar-refractivity contribution < 1.29 is 9.59 Å². The van der Waals surface area contributed by atoms with E-state index in [2.05, 4.69) is 20.9 Å². The highest BCUT2D eigenvalue weighted by Crippen LogP contribution is 2.13. The molecule has 19 heavy (non-hydrogen) atoms. The molecule has 3 N–H and O–H groups in total. The van der Waals surface area contributed by atoms with Gasteiger partial charge in [0.05, 0.1) is 17.4 Å². The summed E-state index contributed by atoms with van der Waals surface area (Å²) in [4.78, 5) is 27.5. The van der Waals surface area contributed by atoms with Crippen molar-refractivity contribution in [2.75, 3.05) is 18.9 Å². The van der Waals surface area contributed by atoms with Crippen molar-refractivity contribution in [1.82, 2.24) is 15.6 Å². The number of carbonyl (C=O) groups is 2. The third kappa shape index (κ3) is 4.24. The number of anilines is 1. The number of pyridine rings is 1. The average Bonchev–Trinajstić information content (AvgIpc) is 2.44. The first kappa shape index (κ1) is 14.9. The van der Waals surface area contributed by atoms with Crippen LogP contribution < -0.4 is 16.0 Å². The summed E-state index contributed by atoms with van der Waals surface area (Å²) in [6, 6.07) is 1.05. The summed E-state index contributed by atoms with van der Waals surface area (Å²) in [7, 11) is 1.53. The Balaban J connectivity index is 2.78. The molecule has 1 rings (SSSR count). The number of nitrogens with one attached hydrogen (secondary N) is 3. The molecular formula is C13H20N4O2. The lowest BCUT2D eigenvalue weighted by Gasteiger charge is -2.14. The van der Waals surface area contributed by atoms with E-state index in [1.54, 1.807) is 25.4 Å². The Kier molecular flexibility index (Phi) is 5.78. The minimum atomic E-state index is -0.579. The summed E-state index contributed by atoms with van der Waals surface area (Å²) in [5, 5.41) is 8.27. The molecule has 1 atom stereocenters. The smallest absolute Gasteiger partial charge is 0.254 e. The van der Waals surface area contributed by atoms with Crippen molar-refractivity contribution in [2.24, 2.45) is 0 Å². The maximum Gasteiger partial charge on any atom is 0.254 e. The van der Waals surface area contributed by atoms with E-state index in [0.717, 1.165) is 13.0 Å². The van der Waals surface area contributed by atoms with Crippen LogP contribution in [0, 0.1) is 0 Å². The van der Waals surface area contributed by atoms with Crippen molar-refractivity contribution >= 4 is 17.5 Å². The van der Waals surface area contributed by atoms with Gasteiger partial charge in [0, 0.05) is 19.8 Å². The van der Waals surface area contributed by atoms with E-state index in [1.165, 1.54) is 7.05 Å². The predicted octanol–water partition coefficient (Wildman–Crippen LogP) is 0.768. The zero-order valence-corrected chi connectivity index (χ0v) is 11.5. The second kappa shape index (κ2) is 7.35. The Hall–Kier alpha value is -2.11. The molecule has 0 aromatic carbocycles. The van der Waals surface area contributed by atoms with Crippen molar-refractivity contribution in [2.45, 2.75) is 26.3 Å². The Morgan fingerprint density at radius 3 is 2.79 bits per heavy atom. The van der Waals surface area contributed by atoms with E-state index >= 15 is 0 Å². The van der Waals surface area contributed by atoms with Crippen LogP contribution in [0.2, 0.25) is 0 Å². The predicted molar refractivity (Wildman–Crippen MR) is 74.0 cm³/mol. The summed E-state index contributed by atoms with van der Waals surface area (Å²) < 4.78 is 0. The average molecular weight is 264 g/mol. The van der Waals surface area contributed by atoms with E-state index in [0.29, 0.717) is 11.3 Å². The lowest BCUT2D eigenvalue weighted by atomic mass is 10.2. The van der Waals surface area contributed by atoms with E-state index in [1.807, 2.05) is 6.92 Å². The molecule has 104 valence electrons. The molecule has 0 saturated carbocycles. The lowest BCUT2D eigenvalue weighted by molar-refractivity contribution is -0.122. The molecule has 0 saturated heterocycles. The number of amides is 2. The van der Waals surface area contributed by atoms with Crippen LogP contribution in [0.3, 0.4) is 0 Å². The van der Waals surface area contributed by atoms with E-state index in [4.69, 9.17) is 0 Å². The number of carbonyl (C=O) groups excluding carboxylic acids is 2. The summed E-state index contributed by atoms with van der Waals surface area (Å²) in [5.74, 6) is -0.525. The maximum absolute atomic E-state index is 12.1. The highest BCUT2D eigenvalue weighted by molar-refractivity contribution is 6.01. The Bertz CT molecular complexity index is 448. The molecule has 0 fully saturated rings. The fourth-order valence-corrected chi connectivity index (χ4v) is 1.55. The molecule has 1 aromatic heterocycles. The van der Waals surface area contributed by atoms with Gasteiger partial charge < -0.3 is 16.0 Å². The van der Waals surface area contributed by atoms with Crippen molar-refractivity contribution in [3.63, 3.8) is 0 Å². The normalized spacial score (nSPS) is 11.5. The molecule has 0 aliphatic rings. The second-order valence-corrected chi connectivity index (χ2v) is 4.16. The monoisotopic (exact) mass is 264 g/mol. The topological polar surface area (TPSA) is 83.1 Å². The van der Waals surface area contributed by atoms with Crippen molar-refractivity contribution in [3.05, 3.63) is 24.0 Å². The van der Waals surface area contributed by atoms with Gasteiger partial charge in [0.15, 0.2) is 0 Å². The van der Waals surface area contributed by atoms with Gasteiger partial charge in [0.1, 0.15) is 6.04 Å². The molecule has 6 heteroatoms. The van der Waals surface area contributed by atoms with Crippen LogP contribution in [-0.4, -0.2) is 36.4 Å². The number of aromatic nitrogens is 1. The quantitative estimate of drug-likeness (QED) is 0.708. The van der Waals surface area contributed by atoms with Gasteiger partial charge in [-0.15, -0.1) is 0 Å². The van der Waals surface area contributed by atoms with Gasteiger partial charge in [-0.25, -0.2) is 0 Å². The van der Waals surface area contributed by atoms with E-state index in [-0.39, 0.29) is 11.8 Å². The molecule has 2 amide bonds. The van der Waals surface area contributed by atoms with Crippen LogP contribution in [0.15, 0.2) is 18.5 Å². The molecule has 1 aromatic rings. The van der Waals surface area contributed by atoms with Gasteiger partial charge in [-0.3, -0.25) is 14.6 Å². The first-order valence-electron chi connectivity index (χ1n) is 6.30. The number of likely N-dealkylation sites (N-methyl/N-ethyl adjacent to an activating group) is 1. The van der Waals surface area contributed by atoms with Crippen molar-refractivity contribution in [1.29, 1.82) is 0 Å². The summed E-state index contributed by atoms with van der Waals surface area (Å²) in [6.45, 7) is 4.44. The molecule has 0 aliphatic heterocycles. The highest BCUT2D eigenvalue weighted by Gasteiger charge is 2.17. The van der Waals surface area contributed by atoms with E-state index in [9.17, 15) is 9.59 Å². The molecule has 0 radical (unpaired) electrons. The van der Waals surface area contributed by atoms with Gasteiger partial charge in [-0.1, -0.05) is 6.92 Å². The second-order valence-electron chi connectivity index (χ2n) is 4.16. The minimum Gasteiger partial charge on any atom is -0.383 e. The van der Waals surface area contributed by atoms with E-state index < -0.39 is 6.04 Å². The SMILES string of the molecule is CCCNc1cnccc1C(=O)NC(C)C(=O)NC. The number of hydrogen-bond acceptors (Lipinski definition) is 4. The fraction of sp³-hybridized carbons (Fsp3) is 0.462. The maximum atomic E-state index is 12.1. The summed E-state index contributed by atoms with van der Waals surface area (Å²) in [6.07, 6.45) is 4.11. The lowest BCUT2D eigenvalue weighted by Crippen LogP contribution is -2.43. The van der Waals surface area contributed by atoms with Crippen molar-refractivity contribution in [3.8, 4) is 0 Å². The largest absolute Gasteiger partial charge is 0.383 e. The van der Waals surface area contributed by atoms with Crippen LogP contribution in [0.25, 0.3) is 0 Å². The highest BCUT2D eigenvalue weighted by atomic mass is 16.2. The van der Waals surface area contributed by atoms with Crippen LogP contribution in [-0.2, 0) is 4.79 Å². The summed E-state index contributed by atoms with van der Waals surface area (Å²) >= 11 is 0. The molecule has 0 aliphatic carbocycles. The van der Waals surface area contributed by atoms with Crippen LogP contribution in [0.4, 0.5) is 5.69 Å². The summed E-state index contributed by atoms with van der Waals surface area (Å²) in [5.41, 5.74) is 1.16. The zero-order valence-electron chi connectivity index (χ0n) is 11.5. The number of rotatable bonds is 6. The van der Waals surface area contributed by atoms with Gasteiger partial charge >= 0.3 is 0 Å². The Morgan fingerprint density at radius 2 is 2.16 bits per heavy atom. The Labute approximate surface area is 113 Å². The molecule has 1 unspecified atom stereocenters. The van der Waals surface area contributed by atoms with Crippen LogP contribution in [0.5, 0.6) is 0 Å². The number of nitrogens with zero attached hydrogens (tertiary/aromatic N) is 1. The molecule has 0 spiro atoms. The third-order valence-electron chi connectivity index (χ3n) is 2.62. The zero-order chi connectivity index (χ0) is 14.3. The van der Waals surface area contributed by atoms with Gasteiger partial charge in [0.2, 0.25) is 5.91 Å². The van der Waals surface area contributed by atoms with Gasteiger partial charge in [-0.05, 0) is 19.4 Å². The molecule has 0 bridgehead atoms. The first-order chi connectivity index (χ1) is 9.10. The Morgan fingerprint density at radius 1 is 1.42 bits per heavy atom. The third-order valence-corrected chi connectivity index (χ3v) is 2.62. The van der Waals surface area contributed by atoms with Crippen LogP contribution in [0.1, 0.15) is 30.6 Å². The number of hydrogen-bond donors (Lipinski definition) is 3. The molecular weight excluding hydrogens is 244 g/mol. The first-order valence-corrected chi connectivity index (χ1v) is 6.30. The standard InChI is InChI=1S/C13H20N4O2/c1-4-6-16-11-8-15-7-5-10(11)13(19)17-9(2)12(18)14-3/h5,7-9,16H,4,6H2,1-3H3,(H,14,18)(H,17,19). The van der Waals surface area contributed by atoms with Crippen LogP contribution >= 0.6 is 0 Å². The molecule has 6 nitrogen and oxygen atoms in total. The minimum absolute atomic E-state index is 0.231.